The Bertz CT molecular complexity index is 1440. The van der Waals surface area contributed by atoms with Crippen molar-refractivity contribution in [3.8, 4) is 0 Å². The molecule has 0 aliphatic rings. The molecule has 0 unspecified atom stereocenters. The number of amides is 1. The number of anilines is 1. The number of nitrogens with zero attached hydrogens (tertiary/aromatic N) is 2. The highest BCUT2D eigenvalue weighted by atomic mass is 32.2. The van der Waals surface area contributed by atoms with Gasteiger partial charge in [-0.05, 0) is 42.5 Å². The second-order valence-electron chi connectivity index (χ2n) is 7.06. The standard InChI is InChI=1S/C21H21N3O7S/c1-23-16-9-8-15(12-17(16)24(2)20(27)19(23)26)32(29,30)11-10-18(25)22-14-6-4-13(5-7-14)21(28)31-3/h4-9,12H,10-11H2,1-3H3,(H,22,25). The fourth-order valence-electron chi connectivity index (χ4n) is 3.13. The van der Waals surface area contributed by atoms with E-state index in [2.05, 4.69) is 10.1 Å². The van der Waals surface area contributed by atoms with Gasteiger partial charge in [0.15, 0.2) is 9.84 Å². The van der Waals surface area contributed by atoms with Crippen molar-refractivity contribution >= 4 is 38.4 Å². The largest absolute Gasteiger partial charge is 0.465 e. The molecule has 0 aliphatic carbocycles. The van der Waals surface area contributed by atoms with Crippen molar-refractivity contribution in [3.63, 3.8) is 0 Å². The van der Waals surface area contributed by atoms with Crippen LogP contribution in [0.5, 0.6) is 0 Å². The molecule has 1 heterocycles. The second-order valence-corrected chi connectivity index (χ2v) is 9.17. The number of hydrogen-bond acceptors (Lipinski definition) is 7. The van der Waals surface area contributed by atoms with Crippen molar-refractivity contribution in [3.05, 3.63) is 68.7 Å². The number of benzene rings is 2. The molecule has 1 aromatic heterocycles. The summed E-state index contributed by atoms with van der Waals surface area (Å²) in [7, 11) is 0.244. The summed E-state index contributed by atoms with van der Waals surface area (Å²) in [4.78, 5) is 47.5. The van der Waals surface area contributed by atoms with Crippen molar-refractivity contribution in [2.75, 3.05) is 18.2 Å². The molecule has 1 N–H and O–H groups in total. The molecule has 0 fully saturated rings. The first-order valence-corrected chi connectivity index (χ1v) is 11.1. The molecule has 32 heavy (non-hydrogen) atoms. The minimum Gasteiger partial charge on any atom is -0.465 e. The van der Waals surface area contributed by atoms with Crippen LogP contribution >= 0.6 is 0 Å². The molecule has 11 heteroatoms. The number of aromatic nitrogens is 2. The van der Waals surface area contributed by atoms with E-state index in [-0.39, 0.29) is 16.8 Å². The lowest BCUT2D eigenvalue weighted by Gasteiger charge is -2.11. The molecule has 0 saturated heterocycles. The highest BCUT2D eigenvalue weighted by Gasteiger charge is 2.19. The van der Waals surface area contributed by atoms with Gasteiger partial charge >= 0.3 is 17.1 Å². The van der Waals surface area contributed by atoms with E-state index in [1.54, 1.807) is 0 Å². The number of sulfone groups is 1. The fraction of sp³-hybridized carbons (Fsp3) is 0.238. The summed E-state index contributed by atoms with van der Waals surface area (Å²) in [6.45, 7) is 0. The van der Waals surface area contributed by atoms with Crippen LogP contribution in [0.2, 0.25) is 0 Å². The first-order chi connectivity index (χ1) is 15.0. The van der Waals surface area contributed by atoms with Crippen molar-refractivity contribution in [1.82, 2.24) is 9.13 Å². The van der Waals surface area contributed by atoms with Gasteiger partial charge in [-0.25, -0.2) is 13.2 Å². The summed E-state index contributed by atoms with van der Waals surface area (Å²) in [5.41, 5.74) is -0.0745. The third-order valence-corrected chi connectivity index (χ3v) is 6.72. The monoisotopic (exact) mass is 459 g/mol. The molecule has 0 bridgehead atoms. The van der Waals surface area contributed by atoms with Crippen LogP contribution in [0.3, 0.4) is 0 Å². The molecule has 3 aromatic rings. The van der Waals surface area contributed by atoms with Crippen LogP contribution in [-0.2, 0) is 33.5 Å². The van der Waals surface area contributed by atoms with E-state index in [4.69, 9.17) is 0 Å². The van der Waals surface area contributed by atoms with Gasteiger partial charge in [0.2, 0.25) is 5.91 Å². The Morgan fingerprint density at radius 2 is 1.53 bits per heavy atom. The van der Waals surface area contributed by atoms with Crippen molar-refractivity contribution in [1.29, 1.82) is 0 Å². The summed E-state index contributed by atoms with van der Waals surface area (Å²) in [6, 6.07) is 10.1. The number of fused-ring (bicyclic) bond motifs is 1. The summed E-state index contributed by atoms with van der Waals surface area (Å²) in [6.07, 6.45) is -0.300. The van der Waals surface area contributed by atoms with Crippen LogP contribution in [0.25, 0.3) is 11.0 Å². The number of carbonyl (C=O) groups excluding carboxylic acids is 2. The van der Waals surface area contributed by atoms with Crippen LogP contribution in [0.4, 0.5) is 5.69 Å². The van der Waals surface area contributed by atoms with Crippen molar-refractivity contribution in [2.45, 2.75) is 11.3 Å². The molecule has 10 nitrogen and oxygen atoms in total. The number of ether oxygens (including phenoxy) is 1. The smallest absolute Gasteiger partial charge is 0.337 e. The minimum atomic E-state index is -3.84. The molecule has 0 saturated carbocycles. The Labute approximate surface area is 183 Å². The van der Waals surface area contributed by atoms with E-state index < -0.39 is 38.6 Å². The molecular formula is C21H21N3O7S. The number of carbonyl (C=O) groups is 2. The normalized spacial score (nSPS) is 11.3. The average molecular weight is 459 g/mol. The second kappa shape index (κ2) is 8.79. The van der Waals surface area contributed by atoms with Gasteiger partial charge in [0.1, 0.15) is 0 Å². The summed E-state index contributed by atoms with van der Waals surface area (Å²) in [5, 5.41) is 2.57. The van der Waals surface area contributed by atoms with Gasteiger partial charge in [-0.2, -0.15) is 0 Å². The van der Waals surface area contributed by atoms with E-state index in [1.807, 2.05) is 0 Å². The zero-order valence-electron chi connectivity index (χ0n) is 17.6. The van der Waals surface area contributed by atoms with E-state index in [9.17, 15) is 27.6 Å². The van der Waals surface area contributed by atoms with Gasteiger partial charge in [0.05, 0.1) is 34.4 Å². The maximum absolute atomic E-state index is 12.7. The Balaban J connectivity index is 1.75. The topological polar surface area (TPSA) is 134 Å². The van der Waals surface area contributed by atoms with Crippen LogP contribution in [0.15, 0.2) is 56.9 Å². The van der Waals surface area contributed by atoms with E-state index >= 15 is 0 Å². The molecule has 0 atom stereocenters. The number of hydrogen-bond donors (Lipinski definition) is 1. The first-order valence-electron chi connectivity index (χ1n) is 9.46. The van der Waals surface area contributed by atoms with Crippen molar-refractivity contribution in [2.24, 2.45) is 14.1 Å². The molecular weight excluding hydrogens is 438 g/mol. The van der Waals surface area contributed by atoms with Crippen molar-refractivity contribution < 1.29 is 22.7 Å². The van der Waals surface area contributed by atoms with E-state index in [0.29, 0.717) is 16.8 Å². The fourth-order valence-corrected chi connectivity index (χ4v) is 4.39. The number of methoxy groups -OCH3 is 1. The molecule has 0 aliphatic heterocycles. The Morgan fingerprint density at radius 1 is 0.938 bits per heavy atom. The molecule has 0 radical (unpaired) electrons. The van der Waals surface area contributed by atoms with Gasteiger partial charge in [-0.1, -0.05) is 0 Å². The SMILES string of the molecule is COC(=O)c1ccc(NC(=O)CCS(=O)(=O)c2ccc3c(c2)n(C)c(=O)c(=O)n3C)cc1. The zero-order chi connectivity index (χ0) is 23.6. The maximum Gasteiger partial charge on any atom is 0.337 e. The number of rotatable bonds is 6. The third-order valence-electron chi connectivity index (χ3n) is 5.01. The molecule has 0 spiro atoms. The molecule has 2 aromatic carbocycles. The van der Waals surface area contributed by atoms with Crippen LogP contribution in [0.1, 0.15) is 16.8 Å². The quantitative estimate of drug-likeness (QED) is 0.426. The minimum absolute atomic E-state index is 0.0612. The summed E-state index contributed by atoms with van der Waals surface area (Å²) >= 11 is 0. The van der Waals surface area contributed by atoms with Crippen LogP contribution in [-0.4, -0.2) is 42.3 Å². The first kappa shape index (κ1) is 22.9. The predicted octanol–water partition coefficient (Wildman–Crippen LogP) is 0.826. The highest BCUT2D eigenvalue weighted by molar-refractivity contribution is 7.91. The van der Waals surface area contributed by atoms with E-state index in [0.717, 1.165) is 9.13 Å². The maximum atomic E-state index is 12.7. The summed E-state index contributed by atoms with van der Waals surface area (Å²) in [5.74, 6) is -1.48. The molecule has 168 valence electrons. The lowest BCUT2D eigenvalue weighted by atomic mass is 10.2. The van der Waals surface area contributed by atoms with Gasteiger partial charge in [0.25, 0.3) is 0 Å². The lowest BCUT2D eigenvalue weighted by Crippen LogP contribution is -2.39. The van der Waals surface area contributed by atoms with Gasteiger partial charge < -0.3 is 19.2 Å². The number of nitrogens with one attached hydrogen (secondary N) is 1. The lowest BCUT2D eigenvalue weighted by molar-refractivity contribution is -0.115. The summed E-state index contributed by atoms with van der Waals surface area (Å²) < 4.78 is 32.4. The molecule has 3 rings (SSSR count). The Kier molecular flexibility index (Phi) is 6.30. The Morgan fingerprint density at radius 3 is 2.12 bits per heavy atom. The number of aryl methyl sites for hydroxylation is 2. The zero-order valence-corrected chi connectivity index (χ0v) is 18.4. The Hall–Kier alpha value is -3.73. The van der Waals surface area contributed by atoms with Gasteiger partial charge in [-0.15, -0.1) is 0 Å². The molecule has 1 amide bonds. The third kappa shape index (κ3) is 4.47. The number of esters is 1. The van der Waals surface area contributed by atoms with Gasteiger partial charge in [-0.3, -0.25) is 14.4 Å². The van der Waals surface area contributed by atoms with Crippen LogP contribution < -0.4 is 16.4 Å². The average Bonchev–Trinajstić information content (AvgIpc) is 2.79. The highest BCUT2D eigenvalue weighted by Crippen LogP contribution is 2.19. The van der Waals surface area contributed by atoms with Gasteiger partial charge in [0, 0.05) is 26.2 Å². The van der Waals surface area contributed by atoms with Crippen LogP contribution in [0, 0.1) is 0 Å². The predicted molar refractivity (Wildman–Crippen MR) is 118 cm³/mol. The van der Waals surface area contributed by atoms with E-state index in [1.165, 1.54) is 63.7 Å².